The predicted octanol–water partition coefficient (Wildman–Crippen LogP) is 5.40. The van der Waals surface area contributed by atoms with Crippen molar-refractivity contribution in [2.75, 3.05) is 13.2 Å². The van der Waals surface area contributed by atoms with Crippen molar-refractivity contribution in [3.8, 4) is 5.75 Å². The van der Waals surface area contributed by atoms with E-state index in [1.54, 1.807) is 0 Å². The van der Waals surface area contributed by atoms with Crippen LogP contribution in [0.5, 0.6) is 5.75 Å². The van der Waals surface area contributed by atoms with Gasteiger partial charge in [-0.15, -0.1) is 0 Å². The highest BCUT2D eigenvalue weighted by atomic mass is 16.6. The van der Waals surface area contributed by atoms with Crippen LogP contribution in [-0.2, 0) is 14.3 Å². The van der Waals surface area contributed by atoms with E-state index >= 15 is 0 Å². The van der Waals surface area contributed by atoms with Crippen LogP contribution in [0.15, 0.2) is 77.1 Å². The fourth-order valence-corrected chi connectivity index (χ4v) is 4.55. The summed E-state index contributed by atoms with van der Waals surface area (Å²) >= 11 is 0. The van der Waals surface area contributed by atoms with Crippen LogP contribution in [0.1, 0.15) is 63.0 Å². The van der Waals surface area contributed by atoms with Gasteiger partial charge in [-0.2, -0.15) is 0 Å². The van der Waals surface area contributed by atoms with E-state index in [1.807, 2.05) is 49.4 Å². The fraction of sp³-hybridized carbons (Fsp3) is 0.357. The Hall–Kier alpha value is -3.34. The third kappa shape index (κ3) is 5.03. The molecule has 2 aromatic carbocycles. The van der Waals surface area contributed by atoms with E-state index in [0.717, 1.165) is 35.5 Å². The number of Topliss-reactive ketones (excluding diaryl/α,β-unsaturated/α-hetero) is 1. The first-order chi connectivity index (χ1) is 16.0. The molecule has 5 heteroatoms. The summed E-state index contributed by atoms with van der Waals surface area (Å²) in [5.74, 6) is 0.405. The lowest BCUT2D eigenvalue weighted by molar-refractivity contribution is -0.140. The van der Waals surface area contributed by atoms with Crippen LogP contribution in [0.25, 0.3) is 0 Å². The van der Waals surface area contributed by atoms with Crippen molar-refractivity contribution in [2.45, 2.75) is 51.9 Å². The largest absolute Gasteiger partial charge is 0.490 e. The van der Waals surface area contributed by atoms with Crippen LogP contribution in [0.2, 0.25) is 0 Å². The van der Waals surface area contributed by atoms with Crippen LogP contribution in [0, 0.1) is 0 Å². The monoisotopic (exact) mass is 445 g/mol. The molecule has 2 aromatic rings. The Morgan fingerprint density at radius 1 is 1.03 bits per heavy atom. The third-order valence-electron chi connectivity index (χ3n) is 6.26. The highest BCUT2D eigenvalue weighted by Gasteiger charge is 2.39. The SMILES string of the molecule is CC1=C(C(=O)OCCOc2ccccc2)[C@H](c2ccc(C(C)C)cc2)C2=C(CCCC2=O)N1. The van der Waals surface area contributed by atoms with E-state index in [0.29, 0.717) is 23.5 Å². The second kappa shape index (κ2) is 10.1. The minimum absolute atomic E-state index is 0.104. The van der Waals surface area contributed by atoms with Crippen LogP contribution in [-0.4, -0.2) is 25.0 Å². The minimum Gasteiger partial charge on any atom is -0.490 e. The molecule has 172 valence electrons. The Balaban J connectivity index is 1.57. The van der Waals surface area contributed by atoms with Crippen molar-refractivity contribution < 1.29 is 19.1 Å². The first-order valence-corrected chi connectivity index (χ1v) is 11.6. The summed E-state index contributed by atoms with van der Waals surface area (Å²) in [6.45, 7) is 6.57. The standard InChI is InChI=1S/C28H31NO4/c1-18(2)20-12-14-21(15-13-20)26-25(19(3)29-23-10-7-11-24(30)27(23)26)28(31)33-17-16-32-22-8-5-4-6-9-22/h4-6,8-9,12-15,18,26,29H,7,10-11,16-17H2,1-3H3/t26-/m0/s1. The zero-order chi connectivity index (χ0) is 23.4. The maximum Gasteiger partial charge on any atom is 0.336 e. The van der Waals surface area contributed by atoms with E-state index in [-0.39, 0.29) is 19.0 Å². The number of esters is 1. The number of dihydropyridines is 1. The van der Waals surface area contributed by atoms with Crippen molar-refractivity contribution in [1.82, 2.24) is 5.32 Å². The number of hydrogen-bond acceptors (Lipinski definition) is 5. The highest BCUT2D eigenvalue weighted by Crippen LogP contribution is 2.42. The molecule has 33 heavy (non-hydrogen) atoms. The van der Waals surface area contributed by atoms with Crippen molar-refractivity contribution in [2.24, 2.45) is 0 Å². The number of rotatable bonds is 7. The molecule has 0 unspecified atom stereocenters. The second-order valence-electron chi connectivity index (χ2n) is 8.88. The molecule has 0 saturated heterocycles. The molecular weight excluding hydrogens is 414 g/mol. The lowest BCUT2D eigenvalue weighted by Crippen LogP contribution is -2.34. The van der Waals surface area contributed by atoms with Crippen LogP contribution in [0.3, 0.4) is 0 Å². The van der Waals surface area contributed by atoms with Gasteiger partial charge in [-0.25, -0.2) is 4.79 Å². The third-order valence-corrected chi connectivity index (χ3v) is 6.26. The first kappa shape index (κ1) is 22.8. The molecular formula is C28H31NO4. The van der Waals surface area contributed by atoms with Gasteiger partial charge in [0.15, 0.2) is 5.78 Å². The molecule has 2 aliphatic rings. The lowest BCUT2D eigenvalue weighted by atomic mass is 9.75. The number of carbonyl (C=O) groups is 2. The summed E-state index contributed by atoms with van der Waals surface area (Å²) in [6.07, 6.45) is 2.15. The molecule has 1 atom stereocenters. The van der Waals surface area contributed by atoms with E-state index in [2.05, 4.69) is 31.3 Å². The Bertz CT molecular complexity index is 1080. The molecule has 4 rings (SSSR count). The Kier molecular flexibility index (Phi) is 6.97. The van der Waals surface area contributed by atoms with Gasteiger partial charge in [0.2, 0.25) is 0 Å². The predicted molar refractivity (Wildman–Crippen MR) is 128 cm³/mol. The number of carbonyl (C=O) groups excluding carboxylic acids is 2. The summed E-state index contributed by atoms with van der Waals surface area (Å²) in [5, 5.41) is 3.33. The van der Waals surface area contributed by atoms with Crippen molar-refractivity contribution in [3.63, 3.8) is 0 Å². The molecule has 0 radical (unpaired) electrons. The molecule has 1 N–H and O–H groups in total. The molecule has 0 amide bonds. The number of hydrogen-bond donors (Lipinski definition) is 1. The molecule has 0 bridgehead atoms. The average molecular weight is 446 g/mol. The molecule has 1 aliphatic carbocycles. The molecule has 1 aliphatic heterocycles. The van der Waals surface area contributed by atoms with Crippen molar-refractivity contribution >= 4 is 11.8 Å². The zero-order valence-corrected chi connectivity index (χ0v) is 19.5. The molecule has 5 nitrogen and oxygen atoms in total. The highest BCUT2D eigenvalue weighted by molar-refractivity contribution is 6.03. The molecule has 0 fully saturated rings. The average Bonchev–Trinajstić information content (AvgIpc) is 2.81. The van der Waals surface area contributed by atoms with Crippen LogP contribution >= 0.6 is 0 Å². The summed E-state index contributed by atoms with van der Waals surface area (Å²) in [7, 11) is 0. The number of ether oxygens (including phenoxy) is 2. The van der Waals surface area contributed by atoms with Gasteiger partial charge in [0.05, 0.1) is 5.57 Å². The number of benzene rings is 2. The quantitative estimate of drug-likeness (QED) is 0.457. The number of allylic oxidation sites excluding steroid dienone is 3. The van der Waals surface area contributed by atoms with Gasteiger partial charge < -0.3 is 14.8 Å². The molecule has 0 saturated carbocycles. The Morgan fingerprint density at radius 2 is 1.76 bits per heavy atom. The van der Waals surface area contributed by atoms with Gasteiger partial charge in [0, 0.05) is 29.3 Å². The van der Waals surface area contributed by atoms with Gasteiger partial charge in [-0.1, -0.05) is 56.3 Å². The number of nitrogens with one attached hydrogen (secondary N) is 1. The molecule has 1 heterocycles. The maximum atomic E-state index is 13.3. The van der Waals surface area contributed by atoms with Gasteiger partial charge >= 0.3 is 5.97 Å². The molecule has 0 aromatic heterocycles. The number of ketones is 1. The van der Waals surface area contributed by atoms with E-state index in [9.17, 15) is 9.59 Å². The first-order valence-electron chi connectivity index (χ1n) is 11.6. The van der Waals surface area contributed by atoms with Gasteiger partial charge in [0.25, 0.3) is 0 Å². The normalized spacial score (nSPS) is 18.2. The second-order valence-corrected chi connectivity index (χ2v) is 8.88. The minimum atomic E-state index is -0.419. The summed E-state index contributed by atoms with van der Waals surface area (Å²) < 4.78 is 11.3. The maximum absolute atomic E-state index is 13.3. The summed E-state index contributed by atoms with van der Waals surface area (Å²) in [6, 6.07) is 17.7. The fourth-order valence-electron chi connectivity index (χ4n) is 4.55. The van der Waals surface area contributed by atoms with Crippen LogP contribution < -0.4 is 10.1 Å². The van der Waals surface area contributed by atoms with E-state index in [1.165, 1.54) is 5.56 Å². The van der Waals surface area contributed by atoms with Crippen molar-refractivity contribution in [1.29, 1.82) is 0 Å². The van der Waals surface area contributed by atoms with Crippen molar-refractivity contribution in [3.05, 3.63) is 88.3 Å². The Morgan fingerprint density at radius 3 is 2.45 bits per heavy atom. The smallest absolute Gasteiger partial charge is 0.336 e. The summed E-state index contributed by atoms with van der Waals surface area (Å²) in [5.41, 5.74) is 5.05. The zero-order valence-electron chi connectivity index (χ0n) is 19.5. The summed E-state index contributed by atoms with van der Waals surface area (Å²) in [4.78, 5) is 26.2. The van der Waals surface area contributed by atoms with E-state index < -0.39 is 11.9 Å². The van der Waals surface area contributed by atoms with Gasteiger partial charge in [0.1, 0.15) is 19.0 Å². The van der Waals surface area contributed by atoms with Crippen LogP contribution in [0.4, 0.5) is 0 Å². The van der Waals surface area contributed by atoms with E-state index in [4.69, 9.17) is 9.47 Å². The molecule has 0 spiro atoms. The topological polar surface area (TPSA) is 64.6 Å². The number of para-hydroxylation sites is 1. The van der Waals surface area contributed by atoms with Gasteiger partial charge in [-0.3, -0.25) is 4.79 Å². The van der Waals surface area contributed by atoms with Gasteiger partial charge in [-0.05, 0) is 48.9 Å². The lowest BCUT2D eigenvalue weighted by Gasteiger charge is -2.34. The Labute approximate surface area is 195 Å².